The molecule has 0 radical (unpaired) electrons. The van der Waals surface area contributed by atoms with Crippen LogP contribution in [-0.2, 0) is 11.8 Å². The highest BCUT2D eigenvalue weighted by molar-refractivity contribution is 8.00. The summed E-state index contributed by atoms with van der Waals surface area (Å²) in [6.07, 6.45) is 2.43. The van der Waals surface area contributed by atoms with Crippen LogP contribution in [0.4, 0.5) is 13.2 Å². The normalized spacial score (nSPS) is 12.8. The van der Waals surface area contributed by atoms with Crippen LogP contribution in [0.5, 0.6) is 0 Å². The summed E-state index contributed by atoms with van der Waals surface area (Å²) in [4.78, 5) is 0.0827. The minimum absolute atomic E-state index is 0.0827. The van der Waals surface area contributed by atoms with E-state index < -0.39 is 5.51 Å². The van der Waals surface area contributed by atoms with E-state index >= 15 is 0 Å². The van der Waals surface area contributed by atoms with Gasteiger partial charge in [0.1, 0.15) is 0 Å². The summed E-state index contributed by atoms with van der Waals surface area (Å²) in [5.41, 5.74) is 2.44. The fourth-order valence-electron chi connectivity index (χ4n) is 2.02. The first kappa shape index (κ1) is 18.7. The molecule has 0 heterocycles. The van der Waals surface area contributed by atoms with Gasteiger partial charge in [-0.15, -0.1) is 0 Å². The van der Waals surface area contributed by atoms with Gasteiger partial charge in [-0.05, 0) is 60.2 Å². The van der Waals surface area contributed by atoms with Crippen molar-refractivity contribution in [3.63, 3.8) is 0 Å². The summed E-state index contributed by atoms with van der Waals surface area (Å²) in [6.45, 7) is 6.42. The summed E-state index contributed by atoms with van der Waals surface area (Å²) >= 11 is 6.05. The Hall–Kier alpha value is -0.390. The average molecular weight is 340 g/mol. The number of thioether (sulfide) groups is 1. The molecule has 0 aromatic heterocycles. The number of halogens is 4. The predicted molar refractivity (Wildman–Crippen MR) is 84.1 cm³/mol. The Morgan fingerprint density at radius 1 is 1.14 bits per heavy atom. The summed E-state index contributed by atoms with van der Waals surface area (Å²) in [5.74, 6) is 0. The highest BCUT2D eigenvalue weighted by Gasteiger charge is 2.32. The molecule has 1 rings (SSSR count). The van der Waals surface area contributed by atoms with Crippen molar-refractivity contribution >= 4 is 23.4 Å². The van der Waals surface area contributed by atoms with E-state index in [-0.39, 0.29) is 27.1 Å². The molecule has 1 nitrogen and oxygen atoms in total. The molecule has 120 valence electrons. The van der Waals surface area contributed by atoms with Gasteiger partial charge in [-0.25, -0.2) is 0 Å². The maximum Gasteiger partial charge on any atom is 0.446 e. The Bertz CT molecular complexity index is 481. The van der Waals surface area contributed by atoms with Gasteiger partial charge in [-0.1, -0.05) is 38.4 Å². The Kier molecular flexibility index (Phi) is 6.44. The van der Waals surface area contributed by atoms with Crippen molar-refractivity contribution in [1.82, 2.24) is 0 Å². The highest BCUT2D eigenvalue weighted by Crippen LogP contribution is 2.44. The van der Waals surface area contributed by atoms with Gasteiger partial charge in [-0.2, -0.15) is 13.2 Å². The number of hydrogen-bond donors (Lipinski definition) is 1. The monoisotopic (exact) mass is 339 g/mol. The average Bonchev–Trinajstić information content (AvgIpc) is 2.30. The molecule has 1 aromatic rings. The SMILES string of the molecule is CC(C)(C)c1cc(CCCCN)cc(SC(F)(F)F)c1Cl. The van der Waals surface area contributed by atoms with Gasteiger partial charge in [0.15, 0.2) is 0 Å². The lowest BCUT2D eigenvalue weighted by Gasteiger charge is -2.24. The van der Waals surface area contributed by atoms with Crippen LogP contribution in [-0.4, -0.2) is 12.1 Å². The van der Waals surface area contributed by atoms with E-state index in [0.29, 0.717) is 13.0 Å². The molecule has 0 amide bonds. The van der Waals surface area contributed by atoms with E-state index in [9.17, 15) is 13.2 Å². The number of benzene rings is 1. The Morgan fingerprint density at radius 2 is 1.76 bits per heavy atom. The lowest BCUT2D eigenvalue weighted by atomic mass is 9.85. The van der Waals surface area contributed by atoms with Crippen LogP contribution < -0.4 is 5.73 Å². The molecule has 0 saturated carbocycles. The molecule has 0 spiro atoms. The number of hydrogen-bond acceptors (Lipinski definition) is 2. The quantitative estimate of drug-likeness (QED) is 0.563. The third-order valence-electron chi connectivity index (χ3n) is 3.05. The molecule has 0 unspecified atom stereocenters. The summed E-state index contributed by atoms with van der Waals surface area (Å²) in [6, 6.07) is 3.46. The number of unbranched alkanes of at least 4 members (excludes halogenated alkanes) is 1. The Balaban J connectivity index is 3.19. The second kappa shape index (κ2) is 7.25. The summed E-state index contributed by atoms with van der Waals surface area (Å²) < 4.78 is 38.0. The molecule has 0 aliphatic carbocycles. The molecule has 21 heavy (non-hydrogen) atoms. The first-order chi connectivity index (χ1) is 9.54. The van der Waals surface area contributed by atoms with Gasteiger partial charge in [0.25, 0.3) is 0 Å². The first-order valence-electron chi connectivity index (χ1n) is 6.83. The maximum atomic E-state index is 12.7. The van der Waals surface area contributed by atoms with Crippen molar-refractivity contribution in [3.8, 4) is 0 Å². The molecule has 1 aromatic carbocycles. The van der Waals surface area contributed by atoms with Crippen LogP contribution in [0.2, 0.25) is 5.02 Å². The van der Waals surface area contributed by atoms with Gasteiger partial charge in [0, 0.05) is 4.90 Å². The van der Waals surface area contributed by atoms with Crippen LogP contribution in [0.3, 0.4) is 0 Å². The smallest absolute Gasteiger partial charge is 0.330 e. The number of alkyl halides is 3. The molecule has 0 bridgehead atoms. The standard InChI is InChI=1S/C15H21ClF3NS/c1-14(2,3)11-8-10(6-4-5-7-20)9-12(13(11)16)21-15(17,18)19/h8-9H,4-7,20H2,1-3H3. The lowest BCUT2D eigenvalue weighted by molar-refractivity contribution is -0.0328. The van der Waals surface area contributed by atoms with Crippen molar-refractivity contribution in [3.05, 3.63) is 28.3 Å². The number of aryl methyl sites for hydroxylation is 1. The van der Waals surface area contributed by atoms with Gasteiger partial charge in [0.05, 0.1) is 5.02 Å². The largest absolute Gasteiger partial charge is 0.446 e. The van der Waals surface area contributed by atoms with Crippen LogP contribution in [0.1, 0.15) is 44.7 Å². The van der Waals surface area contributed by atoms with Crippen molar-refractivity contribution in [1.29, 1.82) is 0 Å². The van der Waals surface area contributed by atoms with Gasteiger partial charge >= 0.3 is 5.51 Å². The lowest BCUT2D eigenvalue weighted by Crippen LogP contribution is -2.13. The fraction of sp³-hybridized carbons (Fsp3) is 0.600. The third-order valence-corrected chi connectivity index (χ3v) is 4.34. The molecule has 0 saturated heterocycles. The zero-order valence-electron chi connectivity index (χ0n) is 12.5. The van der Waals surface area contributed by atoms with E-state index in [1.807, 2.05) is 26.8 Å². The second-order valence-electron chi connectivity index (χ2n) is 6.00. The minimum Gasteiger partial charge on any atom is -0.330 e. The van der Waals surface area contributed by atoms with Crippen molar-refractivity contribution in [2.75, 3.05) is 6.54 Å². The molecule has 0 fully saturated rings. The Morgan fingerprint density at radius 3 is 2.24 bits per heavy atom. The van der Waals surface area contributed by atoms with Crippen LogP contribution >= 0.6 is 23.4 Å². The van der Waals surface area contributed by atoms with E-state index in [2.05, 4.69) is 0 Å². The van der Waals surface area contributed by atoms with Crippen LogP contribution in [0, 0.1) is 0 Å². The van der Waals surface area contributed by atoms with Crippen LogP contribution in [0.15, 0.2) is 17.0 Å². The van der Waals surface area contributed by atoms with E-state index in [0.717, 1.165) is 24.0 Å². The third kappa shape index (κ3) is 6.09. The molecular formula is C15H21ClF3NS. The molecule has 0 aliphatic rings. The topological polar surface area (TPSA) is 26.0 Å². The highest BCUT2D eigenvalue weighted by atomic mass is 35.5. The molecule has 0 atom stereocenters. The molecule has 6 heteroatoms. The van der Waals surface area contributed by atoms with Gasteiger partial charge in [0.2, 0.25) is 0 Å². The zero-order valence-corrected chi connectivity index (χ0v) is 14.1. The zero-order chi connectivity index (χ0) is 16.3. The minimum atomic E-state index is -4.34. The molecule has 2 N–H and O–H groups in total. The van der Waals surface area contributed by atoms with Gasteiger partial charge < -0.3 is 5.73 Å². The summed E-state index contributed by atoms with van der Waals surface area (Å²) in [5, 5.41) is 0.201. The Labute approximate surface area is 133 Å². The van der Waals surface area contributed by atoms with Crippen molar-refractivity contribution in [2.24, 2.45) is 5.73 Å². The fourth-order valence-corrected chi connectivity index (χ4v) is 3.18. The van der Waals surface area contributed by atoms with Gasteiger partial charge in [-0.3, -0.25) is 0 Å². The molecular weight excluding hydrogens is 319 g/mol. The number of rotatable bonds is 5. The van der Waals surface area contributed by atoms with E-state index in [1.165, 1.54) is 0 Å². The second-order valence-corrected chi connectivity index (χ2v) is 7.48. The van der Waals surface area contributed by atoms with Crippen molar-refractivity contribution in [2.45, 2.75) is 55.9 Å². The summed E-state index contributed by atoms with van der Waals surface area (Å²) in [7, 11) is 0. The van der Waals surface area contributed by atoms with Crippen LogP contribution in [0.25, 0.3) is 0 Å². The molecule has 0 aliphatic heterocycles. The predicted octanol–water partition coefficient (Wildman–Crippen LogP) is 5.53. The number of nitrogens with two attached hydrogens (primary N) is 1. The first-order valence-corrected chi connectivity index (χ1v) is 8.03. The van der Waals surface area contributed by atoms with E-state index in [1.54, 1.807) is 6.07 Å². The van der Waals surface area contributed by atoms with Crippen molar-refractivity contribution < 1.29 is 13.2 Å². The maximum absolute atomic E-state index is 12.7. The van der Waals surface area contributed by atoms with E-state index in [4.69, 9.17) is 17.3 Å².